The molecule has 1 aromatic rings. The van der Waals surface area contributed by atoms with Crippen LogP contribution in [-0.4, -0.2) is 55.7 Å². The van der Waals surface area contributed by atoms with E-state index in [-0.39, 0.29) is 6.09 Å². The Kier molecular flexibility index (Phi) is 6.24. The van der Waals surface area contributed by atoms with Crippen molar-refractivity contribution in [2.45, 2.75) is 19.9 Å². The van der Waals surface area contributed by atoms with Gasteiger partial charge in [-0.1, -0.05) is 0 Å². The number of benzene rings is 1. The second-order valence-electron chi connectivity index (χ2n) is 5.78. The molecular weight excluding hydrogens is 339 g/mol. The van der Waals surface area contributed by atoms with Crippen LogP contribution >= 0.6 is 0 Å². The minimum absolute atomic E-state index is 0.296. The lowest BCUT2D eigenvalue weighted by molar-refractivity contribution is -0.917. The summed E-state index contributed by atoms with van der Waals surface area (Å²) in [6.45, 7) is 5.59. The standard InChI is InChI=1S/C16H20F3N3O3/c1-3-25-16(24)22-8-6-21(7-9-22)10(2)15(23)20-12-5-4-11(17)13(18)14(12)19/h4-5,10H,3,6-9H2,1-2H3,(H,20,23)/p+1/t10-/m1/s1. The van der Waals surface area contributed by atoms with E-state index in [1.807, 2.05) is 0 Å². The summed E-state index contributed by atoms with van der Waals surface area (Å²) < 4.78 is 44.7. The van der Waals surface area contributed by atoms with Gasteiger partial charge in [0.2, 0.25) is 0 Å². The van der Waals surface area contributed by atoms with Gasteiger partial charge in [0.1, 0.15) is 0 Å². The van der Waals surface area contributed by atoms with Gasteiger partial charge in [-0.05, 0) is 26.0 Å². The molecule has 138 valence electrons. The summed E-state index contributed by atoms with van der Waals surface area (Å²) in [6.07, 6.45) is -0.387. The number of quaternary nitrogens is 1. The number of hydrogen-bond donors (Lipinski definition) is 2. The summed E-state index contributed by atoms with van der Waals surface area (Å²) in [4.78, 5) is 26.4. The summed E-state index contributed by atoms with van der Waals surface area (Å²) in [5, 5.41) is 2.28. The number of carbonyl (C=O) groups excluding carboxylic acids is 2. The highest BCUT2D eigenvalue weighted by Gasteiger charge is 2.31. The minimum atomic E-state index is -1.62. The number of nitrogens with zero attached hydrogens (tertiary/aromatic N) is 1. The maximum absolute atomic E-state index is 13.6. The number of halogens is 3. The number of piperazine rings is 1. The van der Waals surface area contributed by atoms with E-state index in [1.165, 1.54) is 0 Å². The third-order valence-corrected chi connectivity index (χ3v) is 4.23. The molecule has 1 saturated heterocycles. The predicted octanol–water partition coefficient (Wildman–Crippen LogP) is 0.788. The van der Waals surface area contributed by atoms with E-state index >= 15 is 0 Å². The Labute approximate surface area is 143 Å². The van der Waals surface area contributed by atoms with Crippen LogP contribution in [0.3, 0.4) is 0 Å². The van der Waals surface area contributed by atoms with Crippen LogP contribution < -0.4 is 10.2 Å². The van der Waals surface area contributed by atoms with Gasteiger partial charge in [-0.15, -0.1) is 0 Å². The number of amides is 2. The molecule has 1 fully saturated rings. The monoisotopic (exact) mass is 360 g/mol. The molecule has 2 amide bonds. The first-order chi connectivity index (χ1) is 11.8. The van der Waals surface area contributed by atoms with E-state index in [2.05, 4.69) is 5.32 Å². The number of nitrogens with one attached hydrogen (secondary N) is 2. The van der Waals surface area contributed by atoms with Gasteiger partial charge in [0.15, 0.2) is 23.5 Å². The summed E-state index contributed by atoms with van der Waals surface area (Å²) in [5.74, 6) is -4.88. The zero-order valence-electron chi connectivity index (χ0n) is 14.1. The fraction of sp³-hybridized carbons (Fsp3) is 0.500. The van der Waals surface area contributed by atoms with Gasteiger partial charge in [0, 0.05) is 0 Å². The van der Waals surface area contributed by atoms with Crippen molar-refractivity contribution in [2.75, 3.05) is 38.1 Å². The molecule has 1 atom stereocenters. The molecule has 2 N–H and O–H groups in total. The van der Waals surface area contributed by atoms with E-state index in [4.69, 9.17) is 4.74 Å². The molecular formula is C16H21F3N3O3+. The second kappa shape index (κ2) is 8.19. The van der Waals surface area contributed by atoms with E-state index < -0.39 is 35.1 Å². The Morgan fingerprint density at radius 2 is 1.88 bits per heavy atom. The highest BCUT2D eigenvalue weighted by molar-refractivity contribution is 5.93. The van der Waals surface area contributed by atoms with Crippen LogP contribution in [0.2, 0.25) is 0 Å². The Balaban J connectivity index is 1.93. The van der Waals surface area contributed by atoms with Gasteiger partial charge < -0.3 is 15.0 Å². The lowest BCUT2D eigenvalue weighted by Gasteiger charge is -2.34. The smallest absolute Gasteiger partial charge is 0.410 e. The highest BCUT2D eigenvalue weighted by atomic mass is 19.2. The van der Waals surface area contributed by atoms with Crippen molar-refractivity contribution in [3.8, 4) is 0 Å². The third kappa shape index (κ3) is 4.41. The van der Waals surface area contributed by atoms with Crippen LogP contribution in [0.1, 0.15) is 13.8 Å². The maximum Gasteiger partial charge on any atom is 0.410 e. The first-order valence-electron chi connectivity index (χ1n) is 8.05. The van der Waals surface area contributed by atoms with Crippen LogP contribution in [0.25, 0.3) is 0 Å². The van der Waals surface area contributed by atoms with Crippen LogP contribution in [0, 0.1) is 17.5 Å². The molecule has 1 aliphatic rings. The van der Waals surface area contributed by atoms with Gasteiger partial charge in [-0.2, -0.15) is 0 Å². The molecule has 0 unspecified atom stereocenters. The van der Waals surface area contributed by atoms with E-state index in [9.17, 15) is 22.8 Å². The summed E-state index contributed by atoms with van der Waals surface area (Å²) in [5.41, 5.74) is -0.402. The SMILES string of the molecule is CCOC(=O)N1CC[NH+]([C@H](C)C(=O)Nc2ccc(F)c(F)c2F)CC1. The summed E-state index contributed by atoms with van der Waals surface area (Å²) in [7, 11) is 0. The largest absolute Gasteiger partial charge is 0.450 e. The number of hydrogen-bond acceptors (Lipinski definition) is 3. The molecule has 0 spiro atoms. The van der Waals surface area contributed by atoms with Crippen molar-refractivity contribution < 1.29 is 32.4 Å². The molecule has 25 heavy (non-hydrogen) atoms. The van der Waals surface area contributed by atoms with Gasteiger partial charge >= 0.3 is 6.09 Å². The Hall–Kier alpha value is -2.29. The van der Waals surface area contributed by atoms with Crippen molar-refractivity contribution in [2.24, 2.45) is 0 Å². The number of ether oxygens (including phenoxy) is 1. The molecule has 2 rings (SSSR count). The normalized spacial score (nSPS) is 16.4. The Morgan fingerprint density at radius 1 is 1.24 bits per heavy atom. The van der Waals surface area contributed by atoms with Gasteiger partial charge in [0.05, 0.1) is 38.5 Å². The lowest BCUT2D eigenvalue weighted by Crippen LogP contribution is -3.19. The van der Waals surface area contributed by atoms with Gasteiger partial charge in [0.25, 0.3) is 5.91 Å². The van der Waals surface area contributed by atoms with Gasteiger partial charge in [-0.25, -0.2) is 18.0 Å². The molecule has 1 aromatic carbocycles. The van der Waals surface area contributed by atoms with Crippen molar-refractivity contribution in [1.82, 2.24) is 4.90 Å². The van der Waals surface area contributed by atoms with Crippen LogP contribution in [0.5, 0.6) is 0 Å². The fourth-order valence-electron chi connectivity index (χ4n) is 2.67. The molecule has 0 radical (unpaired) electrons. The average molecular weight is 360 g/mol. The van der Waals surface area contributed by atoms with Crippen LogP contribution in [0.4, 0.5) is 23.7 Å². The van der Waals surface area contributed by atoms with Crippen molar-refractivity contribution in [3.05, 3.63) is 29.6 Å². The van der Waals surface area contributed by atoms with Crippen molar-refractivity contribution in [3.63, 3.8) is 0 Å². The molecule has 0 aliphatic carbocycles. The molecule has 9 heteroatoms. The topological polar surface area (TPSA) is 63.1 Å². The number of anilines is 1. The number of carbonyl (C=O) groups is 2. The first kappa shape index (κ1) is 19.0. The highest BCUT2D eigenvalue weighted by Crippen LogP contribution is 2.19. The molecule has 1 aliphatic heterocycles. The fourth-order valence-corrected chi connectivity index (χ4v) is 2.67. The molecule has 6 nitrogen and oxygen atoms in total. The van der Waals surface area contributed by atoms with Crippen LogP contribution in [-0.2, 0) is 9.53 Å². The van der Waals surface area contributed by atoms with E-state index in [1.54, 1.807) is 18.7 Å². The second-order valence-corrected chi connectivity index (χ2v) is 5.78. The van der Waals surface area contributed by atoms with Crippen LogP contribution in [0.15, 0.2) is 12.1 Å². The quantitative estimate of drug-likeness (QED) is 0.781. The summed E-state index contributed by atoms with van der Waals surface area (Å²) in [6, 6.07) is 1.19. The zero-order valence-corrected chi connectivity index (χ0v) is 14.1. The van der Waals surface area contributed by atoms with Crippen molar-refractivity contribution in [1.29, 1.82) is 0 Å². The first-order valence-corrected chi connectivity index (χ1v) is 8.05. The Bertz CT molecular complexity index is 649. The molecule has 1 heterocycles. The predicted molar refractivity (Wildman–Crippen MR) is 83.7 cm³/mol. The third-order valence-electron chi connectivity index (χ3n) is 4.23. The molecule has 0 bridgehead atoms. The molecule has 0 aromatic heterocycles. The van der Waals surface area contributed by atoms with E-state index in [0.717, 1.165) is 17.0 Å². The maximum atomic E-state index is 13.6. The minimum Gasteiger partial charge on any atom is -0.450 e. The zero-order chi connectivity index (χ0) is 18.6. The number of rotatable bonds is 4. The Morgan fingerprint density at radius 3 is 2.48 bits per heavy atom. The van der Waals surface area contributed by atoms with E-state index in [0.29, 0.717) is 32.8 Å². The van der Waals surface area contributed by atoms with Gasteiger partial charge in [-0.3, -0.25) is 9.69 Å². The average Bonchev–Trinajstić information content (AvgIpc) is 2.61. The summed E-state index contributed by atoms with van der Waals surface area (Å²) >= 11 is 0. The van der Waals surface area contributed by atoms with Crippen molar-refractivity contribution >= 4 is 17.7 Å². The molecule has 0 saturated carbocycles. The lowest BCUT2D eigenvalue weighted by atomic mass is 10.2.